The quantitative estimate of drug-likeness (QED) is 0.278. The largest absolute Gasteiger partial charge is 0.426 e. The number of imide groups is 1. The first-order chi connectivity index (χ1) is 17.8. The summed E-state index contributed by atoms with van der Waals surface area (Å²) >= 11 is 0. The number of allylic oxidation sites excluding steroid dienone is 2. The van der Waals surface area contributed by atoms with Crippen molar-refractivity contribution in [2.75, 3.05) is 16.3 Å². The van der Waals surface area contributed by atoms with Gasteiger partial charge in [-0.2, -0.15) is 0 Å². The summed E-state index contributed by atoms with van der Waals surface area (Å²) in [6.45, 7) is 4.24. The molecule has 0 unspecified atom stereocenters. The number of benzene rings is 2. The van der Waals surface area contributed by atoms with Crippen molar-refractivity contribution in [3.63, 3.8) is 0 Å². The number of nitrogens with zero attached hydrogens (tertiary/aromatic N) is 2. The molecule has 3 amide bonds. The Labute approximate surface area is 215 Å². The van der Waals surface area contributed by atoms with Crippen molar-refractivity contribution >= 4 is 35.1 Å². The van der Waals surface area contributed by atoms with Crippen molar-refractivity contribution in [2.24, 2.45) is 41.4 Å². The van der Waals surface area contributed by atoms with Gasteiger partial charge in [0.25, 0.3) is 0 Å². The number of ether oxygens (including phenoxy) is 1. The lowest BCUT2D eigenvalue weighted by atomic mass is 9.63. The maximum absolute atomic E-state index is 13.3. The maximum Gasteiger partial charge on any atom is 0.316 e. The van der Waals surface area contributed by atoms with Crippen LogP contribution in [0.5, 0.6) is 5.75 Å². The molecule has 0 aromatic heterocycles. The fraction of sp³-hybridized carbons (Fsp3) is 0.400. The molecule has 0 radical (unpaired) electrons. The fourth-order valence-electron chi connectivity index (χ4n) is 7.20. The maximum atomic E-state index is 13.3. The zero-order valence-corrected chi connectivity index (χ0v) is 20.8. The van der Waals surface area contributed by atoms with Crippen LogP contribution in [0.3, 0.4) is 0 Å². The summed E-state index contributed by atoms with van der Waals surface area (Å²) in [4.78, 5) is 55.2. The van der Waals surface area contributed by atoms with Gasteiger partial charge in [-0.05, 0) is 85.4 Å². The summed E-state index contributed by atoms with van der Waals surface area (Å²) in [6, 6.07) is 12.3. The van der Waals surface area contributed by atoms with Crippen LogP contribution in [0.2, 0.25) is 0 Å². The Morgan fingerprint density at radius 2 is 1.54 bits per heavy atom. The normalized spacial score (nSPS) is 33.1. The zero-order valence-electron chi connectivity index (χ0n) is 20.8. The van der Waals surface area contributed by atoms with Crippen LogP contribution in [0.1, 0.15) is 24.0 Å². The number of amides is 3. The number of rotatable bonds is 4. The van der Waals surface area contributed by atoms with Gasteiger partial charge in [-0.1, -0.05) is 24.3 Å². The average Bonchev–Trinajstić information content (AvgIpc) is 3.57. The van der Waals surface area contributed by atoms with Gasteiger partial charge >= 0.3 is 5.97 Å². The molecule has 0 N–H and O–H groups in total. The molecule has 0 spiro atoms. The molecule has 4 aliphatic carbocycles. The van der Waals surface area contributed by atoms with Gasteiger partial charge in [-0.25, -0.2) is 0 Å². The molecule has 4 fully saturated rings. The van der Waals surface area contributed by atoms with E-state index in [0.29, 0.717) is 23.3 Å². The third kappa shape index (κ3) is 3.26. The van der Waals surface area contributed by atoms with E-state index >= 15 is 0 Å². The molecule has 2 aliphatic heterocycles. The number of hydrogen-bond donors (Lipinski definition) is 0. The monoisotopic (exact) mass is 496 g/mol. The van der Waals surface area contributed by atoms with Gasteiger partial charge < -0.3 is 9.64 Å². The molecule has 37 heavy (non-hydrogen) atoms. The molecular formula is C30H28N2O5. The summed E-state index contributed by atoms with van der Waals surface area (Å²) in [7, 11) is 0. The van der Waals surface area contributed by atoms with E-state index in [-0.39, 0.29) is 54.4 Å². The van der Waals surface area contributed by atoms with Crippen molar-refractivity contribution in [1.82, 2.24) is 0 Å². The summed E-state index contributed by atoms with van der Waals surface area (Å²) in [5, 5.41) is 0. The minimum absolute atomic E-state index is 0.0976. The number of anilines is 2. The lowest BCUT2D eigenvalue weighted by Crippen LogP contribution is -2.40. The van der Waals surface area contributed by atoms with Gasteiger partial charge in [0.05, 0.1) is 23.4 Å². The van der Waals surface area contributed by atoms with Gasteiger partial charge in [0, 0.05) is 18.7 Å². The molecule has 7 nitrogen and oxygen atoms in total. The Kier molecular flexibility index (Phi) is 4.78. The van der Waals surface area contributed by atoms with Crippen LogP contribution in [0.15, 0.2) is 54.6 Å². The minimum Gasteiger partial charge on any atom is -0.426 e. The second-order valence-corrected chi connectivity index (χ2v) is 11.2. The molecule has 2 saturated carbocycles. The van der Waals surface area contributed by atoms with Crippen molar-refractivity contribution in [3.8, 4) is 5.75 Å². The Balaban J connectivity index is 1.04. The number of carbonyl (C=O) groups excluding carboxylic acids is 4. The second kappa shape index (κ2) is 7.88. The van der Waals surface area contributed by atoms with Crippen molar-refractivity contribution < 1.29 is 23.9 Å². The van der Waals surface area contributed by atoms with E-state index in [4.69, 9.17) is 4.74 Å². The minimum atomic E-state index is -0.564. The Hall–Kier alpha value is -3.74. The van der Waals surface area contributed by atoms with Crippen LogP contribution in [0.4, 0.5) is 11.4 Å². The van der Waals surface area contributed by atoms with Gasteiger partial charge in [-0.15, -0.1) is 0 Å². The predicted octanol–water partition coefficient (Wildman–Crippen LogP) is 3.82. The summed E-state index contributed by atoms with van der Waals surface area (Å²) in [6.07, 6.45) is 5.55. The van der Waals surface area contributed by atoms with E-state index in [2.05, 4.69) is 12.2 Å². The molecule has 7 heteroatoms. The van der Waals surface area contributed by atoms with Gasteiger partial charge in [-0.3, -0.25) is 24.1 Å². The zero-order chi connectivity index (χ0) is 25.6. The lowest BCUT2D eigenvalue weighted by Gasteiger charge is -2.37. The topological polar surface area (TPSA) is 84.0 Å². The van der Waals surface area contributed by atoms with Crippen LogP contribution in [0, 0.1) is 55.3 Å². The van der Waals surface area contributed by atoms with Crippen LogP contribution < -0.4 is 14.5 Å². The van der Waals surface area contributed by atoms with Crippen molar-refractivity contribution in [2.45, 2.75) is 26.7 Å². The van der Waals surface area contributed by atoms with E-state index in [9.17, 15) is 19.2 Å². The van der Waals surface area contributed by atoms with Crippen LogP contribution >= 0.6 is 0 Å². The van der Waals surface area contributed by atoms with E-state index in [1.54, 1.807) is 29.2 Å². The molecule has 188 valence electrons. The molecule has 2 aromatic rings. The first-order valence-electron chi connectivity index (χ1n) is 13.1. The van der Waals surface area contributed by atoms with Gasteiger partial charge in [0.2, 0.25) is 17.7 Å². The molecule has 6 aliphatic rings. The van der Waals surface area contributed by atoms with Crippen LogP contribution in [0.25, 0.3) is 0 Å². The van der Waals surface area contributed by atoms with Crippen LogP contribution in [-0.4, -0.2) is 30.2 Å². The number of aryl methyl sites for hydroxylation is 1. The number of carbonyl (C=O) groups is 4. The highest BCUT2D eigenvalue weighted by molar-refractivity contribution is 6.22. The lowest BCUT2D eigenvalue weighted by molar-refractivity contribution is -0.139. The first kappa shape index (κ1) is 22.5. The Morgan fingerprint density at radius 3 is 2.19 bits per heavy atom. The van der Waals surface area contributed by atoms with E-state index < -0.39 is 11.9 Å². The Bertz CT molecular complexity index is 1360. The third-order valence-electron chi connectivity index (χ3n) is 9.30. The van der Waals surface area contributed by atoms with Gasteiger partial charge in [0.1, 0.15) is 5.75 Å². The second-order valence-electron chi connectivity index (χ2n) is 11.2. The highest BCUT2D eigenvalue weighted by Gasteiger charge is 2.67. The SMILES string of the molecule is Cc1cccc(N2C[C@H](C(=O)Oc3ccc(N4C(=O)[C@@H]5[C@H]6C=C[C@@H]([C@@H]7C[C@@H]67)[C@@H]5C4=O)cc3)CC2=O)c1C. The fourth-order valence-corrected chi connectivity index (χ4v) is 7.20. The summed E-state index contributed by atoms with van der Waals surface area (Å²) < 4.78 is 5.60. The molecule has 2 heterocycles. The Morgan fingerprint density at radius 1 is 0.892 bits per heavy atom. The molecule has 2 aromatic carbocycles. The van der Waals surface area contributed by atoms with E-state index in [1.807, 2.05) is 32.0 Å². The smallest absolute Gasteiger partial charge is 0.316 e. The molecule has 7 atom stereocenters. The first-order valence-corrected chi connectivity index (χ1v) is 13.1. The molecule has 2 bridgehead atoms. The highest BCUT2D eigenvalue weighted by Crippen LogP contribution is 2.65. The molecular weight excluding hydrogens is 468 g/mol. The van der Waals surface area contributed by atoms with Crippen molar-refractivity contribution in [3.05, 3.63) is 65.7 Å². The predicted molar refractivity (Wildman–Crippen MR) is 136 cm³/mol. The number of esters is 1. The third-order valence-corrected chi connectivity index (χ3v) is 9.30. The van der Waals surface area contributed by atoms with Gasteiger partial charge in [0.15, 0.2) is 0 Å². The molecule has 2 saturated heterocycles. The van der Waals surface area contributed by atoms with E-state index in [1.165, 1.54) is 4.90 Å². The average molecular weight is 497 g/mol. The van der Waals surface area contributed by atoms with E-state index in [0.717, 1.165) is 23.2 Å². The van der Waals surface area contributed by atoms with Crippen molar-refractivity contribution in [1.29, 1.82) is 0 Å². The highest BCUT2D eigenvalue weighted by atomic mass is 16.5. The summed E-state index contributed by atoms with van der Waals surface area (Å²) in [5.74, 6) is -0.0380. The summed E-state index contributed by atoms with van der Waals surface area (Å²) in [5.41, 5.74) is 3.44. The standard InChI is InChI=1S/C30H28N2O5/c1-15-4-3-5-24(16(15)2)31-14-17(12-25(31)33)30(36)37-19-8-6-18(7-9-19)32-28(34)26-20-10-11-21(23-13-22(20)23)27(26)29(32)35/h3-11,17,20-23,26-27H,12-14H2,1-2H3/t17-,20+,21+,22+,23+,26-,27+/m1/s1. The molecule has 8 rings (SSSR count). The van der Waals surface area contributed by atoms with Crippen LogP contribution in [-0.2, 0) is 19.2 Å². The number of hydrogen-bond acceptors (Lipinski definition) is 5.